The first-order chi connectivity index (χ1) is 15.7. The number of nitrogens with zero attached hydrogens (tertiary/aromatic N) is 2. The Kier molecular flexibility index (Phi) is 11.4. The normalized spacial score (nSPS) is 15.3. The molecule has 1 heterocycles. The summed E-state index contributed by atoms with van der Waals surface area (Å²) in [5.41, 5.74) is -0.524. The number of rotatable bonds is 11. The maximum Gasteiger partial charge on any atom is 0.408 e. The number of amides is 2. The topological polar surface area (TPSA) is 118 Å². The first kappa shape index (κ1) is 29.8. The molecule has 0 radical (unpaired) electrons. The molecule has 1 unspecified atom stereocenters. The number of aliphatic hydroxyl groups is 1. The first-order valence-corrected chi connectivity index (χ1v) is 12.7. The van der Waals surface area contributed by atoms with Gasteiger partial charge in [-0.25, -0.2) is 14.6 Å². The van der Waals surface area contributed by atoms with Gasteiger partial charge in [-0.15, -0.1) is 11.3 Å². The molecule has 0 aliphatic rings. The van der Waals surface area contributed by atoms with Crippen LogP contribution < -0.4 is 5.32 Å². The fourth-order valence-corrected chi connectivity index (χ4v) is 4.23. The van der Waals surface area contributed by atoms with Crippen molar-refractivity contribution in [2.24, 2.45) is 11.8 Å². The summed E-state index contributed by atoms with van der Waals surface area (Å²) in [6.07, 6.45) is -0.688. The molecule has 4 atom stereocenters. The number of likely N-dealkylation sites (N-methyl/N-ethyl adjacent to an activating group) is 1. The standard InChI is InChI=1S/C24H41N3O6S/c1-10-15(5)19(26-23(31)33-24(6,7)8)21(29)27(9)17(14(3)4)12-18(28)20-25-16(13-34-20)22(30)32-11-2/h13-15,17-19,28H,10-12H2,1-9H3,(H,26,31)/t15?,17-,18+,19+/m1/s1. The molecule has 2 amide bonds. The van der Waals surface area contributed by atoms with Gasteiger partial charge in [0, 0.05) is 24.9 Å². The Hall–Kier alpha value is -2.20. The van der Waals surface area contributed by atoms with Gasteiger partial charge in [-0.3, -0.25) is 4.79 Å². The summed E-state index contributed by atoms with van der Waals surface area (Å²) in [6, 6.07) is -1.09. The molecule has 9 nitrogen and oxygen atoms in total. The lowest BCUT2D eigenvalue weighted by Crippen LogP contribution is -2.54. The van der Waals surface area contributed by atoms with Crippen molar-refractivity contribution in [3.05, 3.63) is 16.1 Å². The lowest BCUT2D eigenvalue weighted by atomic mass is 9.93. The van der Waals surface area contributed by atoms with E-state index in [-0.39, 0.29) is 42.5 Å². The number of hydrogen-bond donors (Lipinski definition) is 2. The van der Waals surface area contributed by atoms with Crippen LogP contribution in [-0.2, 0) is 14.3 Å². The average Bonchev–Trinajstić information content (AvgIpc) is 3.23. The highest BCUT2D eigenvalue weighted by atomic mass is 32.1. The van der Waals surface area contributed by atoms with Gasteiger partial charge in [0.05, 0.1) is 6.61 Å². The second kappa shape index (κ2) is 13.0. The highest BCUT2D eigenvalue weighted by Crippen LogP contribution is 2.28. The van der Waals surface area contributed by atoms with Gasteiger partial charge in [0.2, 0.25) is 5.91 Å². The Morgan fingerprint density at radius 1 is 1.21 bits per heavy atom. The van der Waals surface area contributed by atoms with Gasteiger partial charge in [0.15, 0.2) is 5.69 Å². The van der Waals surface area contributed by atoms with Gasteiger partial charge in [-0.1, -0.05) is 34.1 Å². The monoisotopic (exact) mass is 499 g/mol. The van der Waals surface area contributed by atoms with E-state index in [1.807, 2.05) is 27.7 Å². The number of hydrogen-bond acceptors (Lipinski definition) is 8. The third-order valence-corrected chi connectivity index (χ3v) is 6.47. The molecule has 1 aromatic rings. The summed E-state index contributed by atoms with van der Waals surface area (Å²) >= 11 is 1.18. The van der Waals surface area contributed by atoms with Crippen molar-refractivity contribution < 1.29 is 29.0 Å². The van der Waals surface area contributed by atoms with E-state index < -0.39 is 29.8 Å². The second-order valence-electron chi connectivity index (χ2n) is 9.81. The van der Waals surface area contributed by atoms with Gasteiger partial charge >= 0.3 is 12.1 Å². The number of esters is 1. The minimum atomic E-state index is -0.961. The van der Waals surface area contributed by atoms with Gasteiger partial charge in [0.25, 0.3) is 0 Å². The van der Waals surface area contributed by atoms with E-state index in [1.54, 1.807) is 45.0 Å². The van der Waals surface area contributed by atoms with Crippen molar-refractivity contribution in [3.8, 4) is 0 Å². The van der Waals surface area contributed by atoms with Crippen LogP contribution in [0.15, 0.2) is 5.38 Å². The van der Waals surface area contributed by atoms with Crippen LogP contribution in [-0.4, -0.2) is 64.3 Å². The SMILES string of the molecule is CCOC(=O)c1csc([C@@H](O)C[C@H](C(C)C)N(C)C(=O)[C@@H](NC(=O)OC(C)(C)C)C(C)CC)n1. The Labute approximate surface area is 207 Å². The Balaban J connectivity index is 3.02. The number of carbonyl (C=O) groups excluding carboxylic acids is 3. The van der Waals surface area contributed by atoms with Crippen LogP contribution in [0.4, 0.5) is 4.79 Å². The molecule has 0 aliphatic heterocycles. The summed E-state index contributed by atoms with van der Waals surface area (Å²) in [5, 5.41) is 15.5. The molecule has 1 aromatic heterocycles. The fraction of sp³-hybridized carbons (Fsp3) is 0.750. The van der Waals surface area contributed by atoms with Gasteiger partial charge in [-0.05, 0) is 39.5 Å². The van der Waals surface area contributed by atoms with E-state index in [1.165, 1.54) is 11.3 Å². The van der Waals surface area contributed by atoms with Crippen LogP contribution in [0, 0.1) is 11.8 Å². The minimum absolute atomic E-state index is 0.0206. The van der Waals surface area contributed by atoms with Crippen molar-refractivity contribution in [2.45, 2.75) is 92.0 Å². The smallest absolute Gasteiger partial charge is 0.408 e. The van der Waals surface area contributed by atoms with Crippen LogP contribution in [0.25, 0.3) is 0 Å². The molecule has 0 aliphatic carbocycles. The lowest BCUT2D eigenvalue weighted by Gasteiger charge is -2.36. The van der Waals surface area contributed by atoms with E-state index in [0.29, 0.717) is 11.4 Å². The maximum absolute atomic E-state index is 13.5. The molecular weight excluding hydrogens is 458 g/mol. The molecule has 2 N–H and O–H groups in total. The van der Waals surface area contributed by atoms with Gasteiger partial charge < -0.3 is 24.8 Å². The number of carbonyl (C=O) groups is 3. The Morgan fingerprint density at radius 2 is 1.82 bits per heavy atom. The zero-order valence-electron chi connectivity index (χ0n) is 21.9. The average molecular weight is 500 g/mol. The molecule has 0 spiro atoms. The first-order valence-electron chi connectivity index (χ1n) is 11.8. The van der Waals surface area contributed by atoms with Crippen molar-refractivity contribution in [2.75, 3.05) is 13.7 Å². The van der Waals surface area contributed by atoms with E-state index in [0.717, 1.165) is 0 Å². The molecule has 0 bridgehead atoms. The molecule has 0 aromatic carbocycles. The molecular formula is C24H41N3O6S. The van der Waals surface area contributed by atoms with E-state index in [9.17, 15) is 19.5 Å². The van der Waals surface area contributed by atoms with E-state index in [4.69, 9.17) is 9.47 Å². The van der Waals surface area contributed by atoms with E-state index in [2.05, 4.69) is 10.3 Å². The Morgan fingerprint density at radius 3 is 2.32 bits per heavy atom. The molecule has 0 saturated heterocycles. The largest absolute Gasteiger partial charge is 0.461 e. The van der Waals surface area contributed by atoms with E-state index >= 15 is 0 Å². The highest BCUT2D eigenvalue weighted by Gasteiger charge is 2.35. The number of aromatic nitrogens is 1. The zero-order valence-corrected chi connectivity index (χ0v) is 22.7. The summed E-state index contributed by atoms with van der Waals surface area (Å²) in [4.78, 5) is 43.6. The highest BCUT2D eigenvalue weighted by molar-refractivity contribution is 7.09. The predicted molar refractivity (Wildman–Crippen MR) is 132 cm³/mol. The van der Waals surface area contributed by atoms with Gasteiger partial charge in [-0.2, -0.15) is 0 Å². The second-order valence-corrected chi connectivity index (χ2v) is 10.7. The van der Waals surface area contributed by atoms with Gasteiger partial charge in [0.1, 0.15) is 22.8 Å². The molecule has 0 saturated carbocycles. The zero-order chi connectivity index (χ0) is 26.2. The Bertz CT molecular complexity index is 820. The van der Waals surface area contributed by atoms with Crippen LogP contribution in [0.1, 0.15) is 89.8 Å². The quantitative estimate of drug-likeness (QED) is 0.439. The van der Waals surface area contributed by atoms with Crippen molar-refractivity contribution in [1.82, 2.24) is 15.2 Å². The van der Waals surface area contributed by atoms with Crippen molar-refractivity contribution >= 4 is 29.3 Å². The molecule has 194 valence electrons. The van der Waals surface area contributed by atoms with Crippen LogP contribution >= 0.6 is 11.3 Å². The minimum Gasteiger partial charge on any atom is -0.461 e. The molecule has 0 fully saturated rings. The number of thiazole rings is 1. The van der Waals surface area contributed by atoms with Crippen LogP contribution in [0.2, 0.25) is 0 Å². The van der Waals surface area contributed by atoms with Crippen molar-refractivity contribution in [1.29, 1.82) is 0 Å². The summed E-state index contributed by atoms with van der Waals surface area (Å²) < 4.78 is 10.3. The number of alkyl carbamates (subject to hydrolysis) is 1. The van der Waals surface area contributed by atoms with Crippen LogP contribution in [0.3, 0.4) is 0 Å². The summed E-state index contributed by atoms with van der Waals surface area (Å²) in [5.74, 6) is -0.884. The number of ether oxygens (including phenoxy) is 2. The maximum atomic E-state index is 13.5. The lowest BCUT2D eigenvalue weighted by molar-refractivity contribution is -0.137. The molecule has 10 heteroatoms. The third-order valence-electron chi connectivity index (χ3n) is 5.52. The predicted octanol–water partition coefficient (Wildman–Crippen LogP) is 4.17. The summed E-state index contributed by atoms with van der Waals surface area (Å²) in [6.45, 7) is 15.0. The number of aliphatic hydroxyl groups excluding tert-OH is 1. The number of nitrogens with one attached hydrogen (secondary N) is 1. The summed E-state index contributed by atoms with van der Waals surface area (Å²) in [7, 11) is 1.68. The van der Waals surface area contributed by atoms with Crippen LogP contribution in [0.5, 0.6) is 0 Å². The van der Waals surface area contributed by atoms with Crippen molar-refractivity contribution in [3.63, 3.8) is 0 Å². The molecule has 1 rings (SSSR count). The third kappa shape index (κ3) is 8.87. The fourth-order valence-electron chi connectivity index (χ4n) is 3.45. The molecule has 34 heavy (non-hydrogen) atoms.